The van der Waals surface area contributed by atoms with Gasteiger partial charge in [0.2, 0.25) is 0 Å². The minimum atomic E-state index is 0.298. The molecule has 2 aliphatic rings. The van der Waals surface area contributed by atoms with E-state index < -0.39 is 0 Å². The molecule has 0 N–H and O–H groups in total. The molecule has 1 fully saturated rings. The van der Waals surface area contributed by atoms with Crippen LogP contribution in [0.2, 0.25) is 0 Å². The summed E-state index contributed by atoms with van der Waals surface area (Å²) < 4.78 is 5.38. The molecule has 0 aromatic heterocycles. The second-order valence-electron chi connectivity index (χ2n) is 7.00. The fourth-order valence-corrected chi connectivity index (χ4v) is 4.00. The van der Waals surface area contributed by atoms with Crippen molar-refractivity contribution in [1.29, 1.82) is 0 Å². The van der Waals surface area contributed by atoms with Gasteiger partial charge in [0.15, 0.2) is 5.78 Å². The first-order valence-corrected chi connectivity index (χ1v) is 9.36. The van der Waals surface area contributed by atoms with Crippen molar-refractivity contribution >= 4 is 5.78 Å². The number of rotatable bonds is 6. The third-order valence-corrected chi connectivity index (χ3v) is 5.38. The highest BCUT2D eigenvalue weighted by molar-refractivity contribution is 6.00. The maximum absolute atomic E-state index is 12.8. The number of Topliss-reactive ketones (excluding diaryl/α,β-unsaturated/α-hetero) is 1. The second-order valence-corrected chi connectivity index (χ2v) is 7.00. The van der Waals surface area contributed by atoms with Crippen molar-refractivity contribution in [1.82, 2.24) is 4.90 Å². The molecule has 1 aliphatic heterocycles. The molecule has 0 atom stereocenters. The average molecular weight is 335 g/mol. The number of benzene rings is 2. The van der Waals surface area contributed by atoms with Crippen molar-refractivity contribution in [2.24, 2.45) is 0 Å². The number of hydrogen-bond acceptors (Lipinski definition) is 3. The standard InChI is InChI=1S/C22H25NO2/c24-22(10-3-4-11-23-12-14-25-15-13-23)20-9-5-8-19-18-7-2-1-6-17(18)16-21(19)20/h1-2,5-9H,3-4,10-16H2. The number of hydrogen-bond donors (Lipinski definition) is 0. The Morgan fingerprint density at radius 1 is 0.960 bits per heavy atom. The summed E-state index contributed by atoms with van der Waals surface area (Å²) in [5.41, 5.74) is 6.03. The number of carbonyl (C=O) groups excluding carboxylic acids is 1. The summed E-state index contributed by atoms with van der Waals surface area (Å²) in [6.45, 7) is 4.82. The monoisotopic (exact) mass is 335 g/mol. The Balaban J connectivity index is 1.37. The van der Waals surface area contributed by atoms with E-state index in [0.717, 1.165) is 57.7 Å². The Bertz CT molecular complexity index is 762. The highest BCUT2D eigenvalue weighted by atomic mass is 16.5. The van der Waals surface area contributed by atoms with Crippen molar-refractivity contribution in [3.8, 4) is 11.1 Å². The summed E-state index contributed by atoms with van der Waals surface area (Å²) >= 11 is 0. The van der Waals surface area contributed by atoms with Gasteiger partial charge in [0.1, 0.15) is 0 Å². The predicted octanol–water partition coefficient (Wildman–Crippen LogP) is 3.94. The molecule has 3 nitrogen and oxygen atoms in total. The fourth-order valence-electron chi connectivity index (χ4n) is 4.00. The molecule has 1 heterocycles. The highest BCUT2D eigenvalue weighted by Gasteiger charge is 2.22. The van der Waals surface area contributed by atoms with E-state index >= 15 is 0 Å². The number of ketones is 1. The quantitative estimate of drug-likeness (QED) is 0.505. The van der Waals surface area contributed by atoms with Crippen LogP contribution in [0.5, 0.6) is 0 Å². The zero-order valence-electron chi connectivity index (χ0n) is 14.7. The molecule has 4 rings (SSSR count). The molecule has 3 heteroatoms. The van der Waals surface area contributed by atoms with Crippen LogP contribution in [-0.4, -0.2) is 43.5 Å². The summed E-state index contributed by atoms with van der Waals surface area (Å²) in [4.78, 5) is 15.2. The Hall–Kier alpha value is -1.97. The van der Waals surface area contributed by atoms with Gasteiger partial charge in [0, 0.05) is 25.1 Å². The van der Waals surface area contributed by atoms with Crippen molar-refractivity contribution < 1.29 is 9.53 Å². The van der Waals surface area contributed by atoms with Crippen LogP contribution in [0.4, 0.5) is 0 Å². The van der Waals surface area contributed by atoms with Crippen molar-refractivity contribution in [3.05, 3.63) is 59.2 Å². The molecule has 0 unspecified atom stereocenters. The Morgan fingerprint density at radius 2 is 1.76 bits per heavy atom. The van der Waals surface area contributed by atoms with Crippen LogP contribution in [0.1, 0.15) is 40.7 Å². The van der Waals surface area contributed by atoms with Crippen LogP contribution in [0, 0.1) is 0 Å². The number of fused-ring (bicyclic) bond motifs is 3. The summed E-state index contributed by atoms with van der Waals surface area (Å²) in [5, 5.41) is 0. The largest absolute Gasteiger partial charge is 0.379 e. The van der Waals surface area contributed by atoms with Gasteiger partial charge in [-0.25, -0.2) is 0 Å². The number of morpholine rings is 1. The first-order valence-electron chi connectivity index (χ1n) is 9.36. The van der Waals surface area contributed by atoms with E-state index in [2.05, 4.69) is 35.2 Å². The Morgan fingerprint density at radius 3 is 2.64 bits per heavy atom. The molecule has 2 aromatic rings. The smallest absolute Gasteiger partial charge is 0.163 e. The van der Waals surface area contributed by atoms with Crippen LogP contribution in [0.25, 0.3) is 11.1 Å². The van der Waals surface area contributed by atoms with E-state index in [4.69, 9.17) is 4.74 Å². The van der Waals surface area contributed by atoms with Crippen LogP contribution >= 0.6 is 0 Å². The molecule has 1 saturated heterocycles. The summed E-state index contributed by atoms with van der Waals surface area (Å²) in [7, 11) is 0. The summed E-state index contributed by atoms with van der Waals surface area (Å²) in [5.74, 6) is 0.298. The van der Waals surface area contributed by atoms with Crippen LogP contribution in [0.15, 0.2) is 42.5 Å². The highest BCUT2D eigenvalue weighted by Crippen LogP contribution is 2.38. The Labute approximate surface area is 149 Å². The molecule has 0 bridgehead atoms. The van der Waals surface area contributed by atoms with Gasteiger partial charge >= 0.3 is 0 Å². The fraction of sp³-hybridized carbons (Fsp3) is 0.409. The van der Waals surface area contributed by atoms with Crippen LogP contribution in [0.3, 0.4) is 0 Å². The number of carbonyl (C=O) groups is 1. The van der Waals surface area contributed by atoms with E-state index in [1.807, 2.05) is 12.1 Å². The first kappa shape index (κ1) is 16.5. The maximum atomic E-state index is 12.8. The van der Waals surface area contributed by atoms with Gasteiger partial charge in [0.25, 0.3) is 0 Å². The lowest BCUT2D eigenvalue weighted by molar-refractivity contribution is 0.0371. The van der Waals surface area contributed by atoms with E-state index in [0.29, 0.717) is 12.2 Å². The van der Waals surface area contributed by atoms with Crippen molar-refractivity contribution in [2.45, 2.75) is 25.7 Å². The Kier molecular flexibility index (Phi) is 4.95. The van der Waals surface area contributed by atoms with Gasteiger partial charge < -0.3 is 4.74 Å². The van der Waals surface area contributed by atoms with E-state index in [1.165, 1.54) is 22.3 Å². The zero-order valence-corrected chi connectivity index (χ0v) is 14.7. The molecule has 130 valence electrons. The molecule has 0 spiro atoms. The minimum absolute atomic E-state index is 0.298. The van der Waals surface area contributed by atoms with Gasteiger partial charge in [-0.15, -0.1) is 0 Å². The predicted molar refractivity (Wildman–Crippen MR) is 100 cm³/mol. The topological polar surface area (TPSA) is 29.5 Å². The maximum Gasteiger partial charge on any atom is 0.163 e. The summed E-state index contributed by atoms with van der Waals surface area (Å²) in [6, 6.07) is 14.7. The van der Waals surface area contributed by atoms with E-state index in [-0.39, 0.29) is 0 Å². The first-order chi connectivity index (χ1) is 12.3. The van der Waals surface area contributed by atoms with E-state index in [1.54, 1.807) is 0 Å². The van der Waals surface area contributed by atoms with Crippen molar-refractivity contribution in [2.75, 3.05) is 32.8 Å². The van der Waals surface area contributed by atoms with Crippen LogP contribution < -0.4 is 0 Å². The SMILES string of the molecule is O=C(CCCCN1CCOCC1)c1cccc2c1Cc1ccccc1-2. The van der Waals surface area contributed by atoms with Gasteiger partial charge in [-0.1, -0.05) is 42.5 Å². The second kappa shape index (κ2) is 7.51. The number of unbranched alkanes of at least 4 members (excludes halogenated alkanes) is 1. The molecular formula is C22H25NO2. The third-order valence-electron chi connectivity index (χ3n) is 5.38. The zero-order chi connectivity index (χ0) is 17.1. The molecule has 2 aromatic carbocycles. The lowest BCUT2D eigenvalue weighted by atomic mass is 9.96. The molecule has 0 amide bonds. The van der Waals surface area contributed by atoms with E-state index in [9.17, 15) is 4.79 Å². The lowest BCUT2D eigenvalue weighted by Crippen LogP contribution is -2.36. The lowest BCUT2D eigenvalue weighted by Gasteiger charge is -2.26. The molecule has 25 heavy (non-hydrogen) atoms. The van der Waals surface area contributed by atoms with Crippen LogP contribution in [-0.2, 0) is 11.2 Å². The average Bonchev–Trinajstić information content (AvgIpc) is 3.04. The van der Waals surface area contributed by atoms with Gasteiger partial charge in [-0.2, -0.15) is 0 Å². The molecule has 0 saturated carbocycles. The third kappa shape index (κ3) is 3.53. The van der Waals surface area contributed by atoms with Gasteiger partial charge in [-0.05, 0) is 48.1 Å². The van der Waals surface area contributed by atoms with Gasteiger partial charge in [-0.3, -0.25) is 9.69 Å². The molecular weight excluding hydrogens is 310 g/mol. The van der Waals surface area contributed by atoms with Crippen molar-refractivity contribution in [3.63, 3.8) is 0 Å². The molecule has 0 radical (unpaired) electrons. The van der Waals surface area contributed by atoms with Gasteiger partial charge in [0.05, 0.1) is 13.2 Å². The summed E-state index contributed by atoms with van der Waals surface area (Å²) in [6.07, 6.45) is 3.59. The number of ether oxygens (including phenoxy) is 1. The normalized spacial score (nSPS) is 16.5. The minimum Gasteiger partial charge on any atom is -0.379 e. The molecule has 1 aliphatic carbocycles. The number of nitrogens with zero attached hydrogens (tertiary/aromatic N) is 1.